The van der Waals surface area contributed by atoms with Crippen molar-refractivity contribution in [2.75, 3.05) is 26.2 Å². The van der Waals surface area contributed by atoms with Crippen LogP contribution in [0.25, 0.3) is 0 Å². The molecule has 1 fully saturated rings. The van der Waals surface area contributed by atoms with E-state index in [2.05, 4.69) is 23.1 Å². The Morgan fingerprint density at radius 3 is 2.41 bits per heavy atom. The number of fused-ring (bicyclic) bond motifs is 1. The van der Waals surface area contributed by atoms with Crippen LogP contribution in [0.1, 0.15) is 24.0 Å². The number of Topliss-reactive ketones (excluding diaryl/α,β-unsaturated/α-hetero) is 1. The zero-order chi connectivity index (χ0) is 18.7. The Balaban J connectivity index is 1.29. The van der Waals surface area contributed by atoms with Crippen molar-refractivity contribution < 1.29 is 14.6 Å². The van der Waals surface area contributed by atoms with Gasteiger partial charge in [-0.2, -0.15) is 0 Å². The van der Waals surface area contributed by atoms with Crippen molar-refractivity contribution in [3.63, 3.8) is 0 Å². The number of aliphatic hydroxyl groups is 1. The number of ketones is 1. The minimum Gasteiger partial charge on any atom is -0.491 e. The Labute approximate surface area is 160 Å². The van der Waals surface area contributed by atoms with Crippen LogP contribution in [-0.2, 0) is 17.6 Å². The number of aliphatic hydroxyl groups excluding tert-OH is 1. The third-order valence-corrected chi connectivity index (χ3v) is 6.06. The minimum absolute atomic E-state index is 0.198. The highest BCUT2D eigenvalue weighted by atomic mass is 16.5. The Bertz CT molecular complexity index is 781. The fourth-order valence-electron chi connectivity index (χ4n) is 4.41. The van der Waals surface area contributed by atoms with Crippen molar-refractivity contribution in [3.05, 3.63) is 65.7 Å². The zero-order valence-corrected chi connectivity index (χ0v) is 15.6. The Hall–Kier alpha value is -2.17. The lowest BCUT2D eigenvalue weighted by atomic mass is 9.65. The molecule has 0 unspecified atom stereocenters. The number of hydrogen-bond acceptors (Lipinski definition) is 4. The molecule has 27 heavy (non-hydrogen) atoms. The molecule has 4 rings (SSSR count). The van der Waals surface area contributed by atoms with Gasteiger partial charge in [-0.05, 0) is 55.6 Å². The van der Waals surface area contributed by atoms with Crippen LogP contribution in [-0.4, -0.2) is 48.1 Å². The third kappa shape index (κ3) is 4.07. The molecule has 0 amide bonds. The quantitative estimate of drug-likeness (QED) is 0.885. The van der Waals surface area contributed by atoms with Gasteiger partial charge in [0, 0.05) is 18.4 Å². The van der Waals surface area contributed by atoms with E-state index < -0.39 is 6.10 Å². The largest absolute Gasteiger partial charge is 0.491 e. The molecule has 2 aromatic rings. The molecule has 2 aromatic carbocycles. The molecule has 4 heteroatoms. The highest BCUT2D eigenvalue weighted by Crippen LogP contribution is 2.41. The van der Waals surface area contributed by atoms with Gasteiger partial charge in [-0.1, -0.05) is 42.5 Å². The number of piperidine rings is 1. The van der Waals surface area contributed by atoms with Crippen LogP contribution in [0, 0.1) is 5.41 Å². The Morgan fingerprint density at radius 2 is 1.67 bits per heavy atom. The van der Waals surface area contributed by atoms with E-state index in [0.29, 0.717) is 18.7 Å². The molecule has 1 saturated heterocycles. The van der Waals surface area contributed by atoms with Crippen LogP contribution in [0.15, 0.2) is 54.6 Å². The molecule has 1 spiro atoms. The van der Waals surface area contributed by atoms with E-state index >= 15 is 0 Å². The van der Waals surface area contributed by atoms with Crippen molar-refractivity contribution in [3.8, 4) is 5.75 Å². The van der Waals surface area contributed by atoms with Gasteiger partial charge in [0.25, 0.3) is 0 Å². The van der Waals surface area contributed by atoms with E-state index in [-0.39, 0.29) is 12.0 Å². The Kier molecular flexibility index (Phi) is 5.28. The summed E-state index contributed by atoms with van der Waals surface area (Å²) in [5.74, 6) is 1.18. The van der Waals surface area contributed by atoms with Crippen molar-refractivity contribution in [1.29, 1.82) is 0 Å². The summed E-state index contributed by atoms with van der Waals surface area (Å²) in [6, 6.07) is 17.9. The van der Waals surface area contributed by atoms with Crippen LogP contribution >= 0.6 is 0 Å². The fraction of sp³-hybridized carbons (Fsp3) is 0.435. The number of ether oxygens (including phenoxy) is 1. The van der Waals surface area contributed by atoms with Crippen molar-refractivity contribution >= 4 is 5.78 Å². The van der Waals surface area contributed by atoms with Gasteiger partial charge >= 0.3 is 0 Å². The van der Waals surface area contributed by atoms with Gasteiger partial charge in [0.15, 0.2) is 0 Å². The highest BCUT2D eigenvalue weighted by molar-refractivity contribution is 5.89. The van der Waals surface area contributed by atoms with Crippen LogP contribution in [0.3, 0.4) is 0 Å². The van der Waals surface area contributed by atoms with Gasteiger partial charge in [0.2, 0.25) is 0 Å². The maximum absolute atomic E-state index is 12.8. The lowest BCUT2D eigenvalue weighted by Crippen LogP contribution is -2.49. The molecular formula is C23H27NO3. The first-order valence-electron chi connectivity index (χ1n) is 9.83. The second kappa shape index (κ2) is 7.83. The number of carbonyl (C=O) groups is 1. The summed E-state index contributed by atoms with van der Waals surface area (Å²) in [4.78, 5) is 15.1. The number of carbonyl (C=O) groups excluding carboxylic acids is 1. The van der Waals surface area contributed by atoms with E-state index in [1.54, 1.807) is 0 Å². The van der Waals surface area contributed by atoms with E-state index in [9.17, 15) is 9.90 Å². The summed E-state index contributed by atoms with van der Waals surface area (Å²) >= 11 is 0. The van der Waals surface area contributed by atoms with Gasteiger partial charge in [0.05, 0.1) is 0 Å². The van der Waals surface area contributed by atoms with Crippen molar-refractivity contribution in [1.82, 2.24) is 4.90 Å². The molecule has 2 aliphatic rings. The monoisotopic (exact) mass is 365 g/mol. The predicted octanol–water partition coefficient (Wildman–Crippen LogP) is 2.88. The molecule has 0 saturated carbocycles. The van der Waals surface area contributed by atoms with Gasteiger partial charge in [-0.3, -0.25) is 4.79 Å². The third-order valence-electron chi connectivity index (χ3n) is 6.06. The number of para-hydroxylation sites is 1. The zero-order valence-electron chi connectivity index (χ0n) is 15.6. The summed E-state index contributed by atoms with van der Waals surface area (Å²) in [7, 11) is 0. The number of likely N-dealkylation sites (tertiary alicyclic amines) is 1. The van der Waals surface area contributed by atoms with Crippen LogP contribution < -0.4 is 4.74 Å². The van der Waals surface area contributed by atoms with E-state index in [4.69, 9.17) is 4.74 Å². The second-order valence-electron chi connectivity index (χ2n) is 7.90. The summed E-state index contributed by atoms with van der Waals surface area (Å²) in [6.45, 7) is 2.60. The highest BCUT2D eigenvalue weighted by Gasteiger charge is 2.43. The first-order chi connectivity index (χ1) is 13.1. The maximum atomic E-state index is 12.8. The summed E-state index contributed by atoms with van der Waals surface area (Å²) < 4.78 is 5.64. The summed E-state index contributed by atoms with van der Waals surface area (Å²) in [5, 5.41) is 10.3. The fourth-order valence-corrected chi connectivity index (χ4v) is 4.41. The molecule has 142 valence electrons. The van der Waals surface area contributed by atoms with Gasteiger partial charge in [-0.25, -0.2) is 0 Å². The normalized spacial score (nSPS) is 20.3. The van der Waals surface area contributed by atoms with Crippen molar-refractivity contribution in [2.24, 2.45) is 5.41 Å². The van der Waals surface area contributed by atoms with Crippen molar-refractivity contribution in [2.45, 2.75) is 31.8 Å². The van der Waals surface area contributed by atoms with E-state index in [1.807, 2.05) is 36.4 Å². The smallest absolute Gasteiger partial charge is 0.143 e. The molecule has 0 bridgehead atoms. The average molecular weight is 365 g/mol. The van der Waals surface area contributed by atoms with E-state index in [1.165, 1.54) is 11.1 Å². The number of benzene rings is 2. The summed E-state index contributed by atoms with van der Waals surface area (Å²) in [5.41, 5.74) is 2.34. The maximum Gasteiger partial charge on any atom is 0.143 e. The number of rotatable bonds is 5. The van der Waals surface area contributed by atoms with Gasteiger partial charge < -0.3 is 14.7 Å². The van der Waals surface area contributed by atoms with E-state index in [0.717, 1.165) is 38.1 Å². The number of hydrogen-bond donors (Lipinski definition) is 1. The second-order valence-corrected chi connectivity index (χ2v) is 7.90. The standard InChI is InChI=1S/C23H27NO3/c25-20(17-27-21-8-2-1-3-9-21)16-24-12-10-23(11-13-24)15-19-7-5-4-6-18(19)14-22(23)26/h1-9,20,25H,10-17H2/t20-/m0/s1. The lowest BCUT2D eigenvalue weighted by Gasteiger charge is -2.43. The average Bonchev–Trinajstić information content (AvgIpc) is 2.70. The first kappa shape index (κ1) is 18.2. The molecule has 1 N–H and O–H groups in total. The molecule has 0 aromatic heterocycles. The topological polar surface area (TPSA) is 49.8 Å². The number of β-amino-alcohol motifs (C(OH)–C–C–N with tert-alkyl or cyclic N) is 1. The molecule has 0 radical (unpaired) electrons. The van der Waals surface area contributed by atoms with Crippen LogP contribution in [0.5, 0.6) is 5.75 Å². The molecule has 1 heterocycles. The SMILES string of the molecule is O=C1Cc2ccccc2CC12CCN(C[C@H](O)COc1ccccc1)CC2. The Morgan fingerprint density at radius 1 is 1.00 bits per heavy atom. The molecular weight excluding hydrogens is 338 g/mol. The molecule has 1 aliphatic heterocycles. The predicted molar refractivity (Wildman–Crippen MR) is 105 cm³/mol. The van der Waals surface area contributed by atoms with Crippen LogP contribution in [0.4, 0.5) is 0 Å². The first-order valence-corrected chi connectivity index (χ1v) is 9.83. The number of nitrogens with zero attached hydrogens (tertiary/aromatic N) is 1. The summed E-state index contributed by atoms with van der Waals surface area (Å²) in [6.07, 6.45) is 2.68. The molecule has 4 nitrogen and oxygen atoms in total. The van der Waals surface area contributed by atoms with Gasteiger partial charge in [-0.15, -0.1) is 0 Å². The molecule has 1 aliphatic carbocycles. The lowest BCUT2D eigenvalue weighted by molar-refractivity contribution is -0.132. The van der Waals surface area contributed by atoms with Crippen LogP contribution in [0.2, 0.25) is 0 Å². The minimum atomic E-state index is -0.526. The van der Waals surface area contributed by atoms with Gasteiger partial charge in [0.1, 0.15) is 24.2 Å². The molecule has 1 atom stereocenters.